The first kappa shape index (κ1) is 20.8. The average Bonchev–Trinajstić information content (AvgIpc) is 2.61. The summed E-state index contributed by atoms with van der Waals surface area (Å²) < 4.78 is 61.5. The zero-order chi connectivity index (χ0) is 20.1. The van der Waals surface area contributed by atoms with Gasteiger partial charge in [-0.3, -0.25) is 4.79 Å². The van der Waals surface area contributed by atoms with E-state index >= 15 is 0 Å². The largest absolute Gasteiger partial charge is 0.503 e. The van der Waals surface area contributed by atoms with Gasteiger partial charge >= 0.3 is 5.51 Å². The molecule has 0 bridgehead atoms. The number of carbonyl (C=O) groups is 1. The molecule has 1 amide bonds. The van der Waals surface area contributed by atoms with Gasteiger partial charge in [-0.05, 0) is 24.7 Å². The zero-order valence-electron chi connectivity index (χ0n) is 14.4. The number of nitrogens with one attached hydrogen (secondary N) is 1. The molecule has 10 heteroatoms. The second kappa shape index (κ2) is 8.49. The molecule has 0 saturated carbocycles. The highest BCUT2D eigenvalue weighted by atomic mass is 32.2. The molecule has 27 heavy (non-hydrogen) atoms. The standard InChI is InChI=1S/C17H18F3N3O3S/c1-23(12-13-6-3-2-4-7-13)11-10-21-15(24)14-8-5-9-22-16(14)27(25,26)17(18,19)20/h2-9H,10-12H2,1H3,(H,21,24). The zero-order valence-corrected chi connectivity index (χ0v) is 15.2. The van der Waals surface area contributed by atoms with Crippen molar-refractivity contribution in [2.45, 2.75) is 17.1 Å². The molecule has 0 unspecified atom stereocenters. The summed E-state index contributed by atoms with van der Waals surface area (Å²) in [6, 6.07) is 11.8. The van der Waals surface area contributed by atoms with E-state index in [1.165, 1.54) is 6.07 Å². The minimum Gasteiger partial charge on any atom is -0.351 e. The predicted molar refractivity (Wildman–Crippen MR) is 92.6 cm³/mol. The molecular formula is C17H18F3N3O3S. The van der Waals surface area contributed by atoms with E-state index in [-0.39, 0.29) is 6.54 Å². The van der Waals surface area contributed by atoms with Crippen LogP contribution in [0.25, 0.3) is 0 Å². The maximum atomic E-state index is 12.8. The van der Waals surface area contributed by atoms with Gasteiger partial charge in [0.2, 0.25) is 0 Å². The monoisotopic (exact) mass is 401 g/mol. The molecular weight excluding hydrogens is 383 g/mol. The Hall–Kier alpha value is -2.46. The Labute approximate surface area is 154 Å². The van der Waals surface area contributed by atoms with Crippen LogP contribution in [0.15, 0.2) is 53.7 Å². The van der Waals surface area contributed by atoms with Gasteiger partial charge in [0, 0.05) is 25.8 Å². The topological polar surface area (TPSA) is 79.4 Å². The summed E-state index contributed by atoms with van der Waals surface area (Å²) in [5, 5.41) is 1.13. The highest BCUT2D eigenvalue weighted by Crippen LogP contribution is 2.30. The first-order chi connectivity index (χ1) is 12.6. The lowest BCUT2D eigenvalue weighted by atomic mass is 10.2. The second-order valence-electron chi connectivity index (χ2n) is 5.78. The normalized spacial score (nSPS) is 12.2. The van der Waals surface area contributed by atoms with Crippen LogP contribution in [0.2, 0.25) is 0 Å². The Morgan fingerprint density at radius 2 is 1.81 bits per heavy atom. The average molecular weight is 401 g/mol. The number of aromatic nitrogens is 1. The van der Waals surface area contributed by atoms with Gasteiger partial charge in [0.05, 0.1) is 5.56 Å². The van der Waals surface area contributed by atoms with Crippen molar-refractivity contribution in [3.8, 4) is 0 Å². The van der Waals surface area contributed by atoms with Crippen molar-refractivity contribution in [1.29, 1.82) is 0 Å². The number of carbonyl (C=O) groups excluding carboxylic acids is 1. The first-order valence-corrected chi connectivity index (χ1v) is 9.38. The van der Waals surface area contributed by atoms with E-state index in [4.69, 9.17) is 0 Å². The fourth-order valence-corrected chi connectivity index (χ4v) is 3.19. The molecule has 0 aliphatic rings. The number of halogens is 3. The van der Waals surface area contributed by atoms with Gasteiger partial charge in [-0.15, -0.1) is 0 Å². The van der Waals surface area contributed by atoms with Gasteiger partial charge in [-0.2, -0.15) is 13.2 Å². The lowest BCUT2D eigenvalue weighted by Crippen LogP contribution is -2.34. The van der Waals surface area contributed by atoms with Crippen LogP contribution in [-0.2, 0) is 16.4 Å². The van der Waals surface area contributed by atoms with Crippen molar-refractivity contribution in [1.82, 2.24) is 15.2 Å². The first-order valence-electron chi connectivity index (χ1n) is 7.90. The molecule has 0 atom stereocenters. The van der Waals surface area contributed by atoms with E-state index in [1.54, 1.807) is 0 Å². The second-order valence-corrected chi connectivity index (χ2v) is 7.64. The van der Waals surface area contributed by atoms with Gasteiger partial charge in [-0.25, -0.2) is 13.4 Å². The van der Waals surface area contributed by atoms with Crippen molar-refractivity contribution in [3.05, 3.63) is 59.8 Å². The van der Waals surface area contributed by atoms with Gasteiger partial charge in [0.1, 0.15) is 0 Å². The molecule has 0 fully saturated rings. The van der Waals surface area contributed by atoms with Crippen LogP contribution < -0.4 is 5.32 Å². The molecule has 0 aliphatic heterocycles. The molecule has 1 aromatic carbocycles. The van der Waals surface area contributed by atoms with Crippen molar-refractivity contribution < 1.29 is 26.4 Å². The lowest BCUT2D eigenvalue weighted by molar-refractivity contribution is -0.0438. The third-order valence-electron chi connectivity index (χ3n) is 3.65. The molecule has 1 N–H and O–H groups in total. The minimum absolute atomic E-state index is 0.128. The number of hydrogen-bond donors (Lipinski definition) is 1. The Bertz CT molecular complexity index is 887. The summed E-state index contributed by atoms with van der Waals surface area (Å²) in [6.07, 6.45) is 0.892. The van der Waals surface area contributed by atoms with Crippen LogP contribution in [0.1, 0.15) is 15.9 Å². The highest BCUT2D eigenvalue weighted by Gasteiger charge is 2.49. The van der Waals surface area contributed by atoms with Crippen LogP contribution in [0.5, 0.6) is 0 Å². The van der Waals surface area contributed by atoms with Crippen LogP contribution in [0.4, 0.5) is 13.2 Å². The van der Waals surface area contributed by atoms with Gasteiger partial charge < -0.3 is 10.2 Å². The van der Waals surface area contributed by atoms with E-state index in [0.29, 0.717) is 13.1 Å². The molecule has 2 aromatic rings. The van der Waals surface area contributed by atoms with Crippen LogP contribution in [0, 0.1) is 0 Å². The van der Waals surface area contributed by atoms with E-state index in [9.17, 15) is 26.4 Å². The molecule has 0 aliphatic carbocycles. The van der Waals surface area contributed by atoms with Crippen LogP contribution in [-0.4, -0.2) is 49.9 Å². The van der Waals surface area contributed by atoms with Crippen molar-refractivity contribution >= 4 is 15.7 Å². The molecule has 2 rings (SSSR count). The minimum atomic E-state index is -5.72. The molecule has 1 aromatic heterocycles. The van der Waals surface area contributed by atoms with Crippen LogP contribution in [0.3, 0.4) is 0 Å². The molecule has 146 valence electrons. The van der Waals surface area contributed by atoms with E-state index in [2.05, 4.69) is 10.3 Å². The summed E-state index contributed by atoms with van der Waals surface area (Å²) in [4.78, 5) is 17.3. The summed E-state index contributed by atoms with van der Waals surface area (Å²) >= 11 is 0. The number of nitrogens with zero attached hydrogens (tertiary/aromatic N) is 2. The maximum absolute atomic E-state index is 12.8. The third kappa shape index (κ3) is 5.27. The summed E-state index contributed by atoms with van der Waals surface area (Å²) in [5.41, 5.74) is -5.11. The van der Waals surface area contributed by atoms with Crippen molar-refractivity contribution in [2.75, 3.05) is 20.1 Å². The van der Waals surface area contributed by atoms with E-state index in [1.807, 2.05) is 42.3 Å². The summed E-state index contributed by atoms with van der Waals surface area (Å²) in [6.45, 7) is 1.17. The van der Waals surface area contributed by atoms with Gasteiger partial charge in [-0.1, -0.05) is 30.3 Å². The quantitative estimate of drug-likeness (QED) is 0.770. The molecule has 1 heterocycles. The van der Waals surface area contributed by atoms with Gasteiger partial charge in [0.15, 0.2) is 5.03 Å². The number of benzene rings is 1. The number of amides is 1. The Kier molecular flexibility index (Phi) is 6.55. The lowest BCUT2D eigenvalue weighted by Gasteiger charge is -2.17. The molecule has 0 saturated heterocycles. The Morgan fingerprint density at radius 3 is 2.44 bits per heavy atom. The number of alkyl halides is 3. The molecule has 0 radical (unpaired) electrons. The number of likely N-dealkylation sites (N-methyl/N-ethyl adjacent to an activating group) is 1. The molecule has 0 spiro atoms. The number of hydrogen-bond acceptors (Lipinski definition) is 5. The predicted octanol–water partition coefficient (Wildman–Crippen LogP) is 2.24. The SMILES string of the molecule is CN(CCNC(=O)c1cccnc1S(=O)(=O)C(F)(F)F)Cc1ccccc1. The number of rotatable bonds is 7. The highest BCUT2D eigenvalue weighted by molar-refractivity contribution is 7.92. The Morgan fingerprint density at radius 1 is 1.15 bits per heavy atom. The van der Waals surface area contributed by atoms with Gasteiger partial charge in [0.25, 0.3) is 15.7 Å². The maximum Gasteiger partial charge on any atom is 0.503 e. The number of sulfone groups is 1. The van der Waals surface area contributed by atoms with E-state index in [0.717, 1.165) is 17.8 Å². The smallest absolute Gasteiger partial charge is 0.351 e. The van der Waals surface area contributed by atoms with E-state index < -0.39 is 31.8 Å². The fraction of sp³-hybridized carbons (Fsp3) is 0.294. The van der Waals surface area contributed by atoms with Crippen LogP contribution >= 0.6 is 0 Å². The fourth-order valence-electron chi connectivity index (χ4n) is 2.32. The molecule has 6 nitrogen and oxygen atoms in total. The van der Waals surface area contributed by atoms with Crippen molar-refractivity contribution in [2.24, 2.45) is 0 Å². The summed E-state index contributed by atoms with van der Waals surface area (Å²) in [5.74, 6) is -0.931. The third-order valence-corrected chi connectivity index (χ3v) is 5.09. The van der Waals surface area contributed by atoms with Crippen molar-refractivity contribution in [3.63, 3.8) is 0 Å². The Balaban J connectivity index is 2.01. The number of pyridine rings is 1. The summed E-state index contributed by atoms with van der Waals surface area (Å²) in [7, 11) is -3.89.